The molecule has 0 amide bonds. The van der Waals surface area contributed by atoms with Crippen molar-refractivity contribution in [1.29, 1.82) is 0 Å². The predicted molar refractivity (Wildman–Crippen MR) is 99.2 cm³/mol. The first kappa shape index (κ1) is 19.0. The summed E-state index contributed by atoms with van der Waals surface area (Å²) in [6.45, 7) is 1.63. The molecule has 27 heavy (non-hydrogen) atoms. The van der Waals surface area contributed by atoms with E-state index in [4.69, 9.17) is 0 Å². The molecule has 0 aliphatic carbocycles. The lowest BCUT2D eigenvalue weighted by Gasteiger charge is -2.07. The summed E-state index contributed by atoms with van der Waals surface area (Å²) in [6, 6.07) is 8.25. The minimum absolute atomic E-state index is 0.121. The number of nitrogens with zero attached hydrogens (tertiary/aromatic N) is 5. The molecule has 140 valence electrons. The van der Waals surface area contributed by atoms with Crippen molar-refractivity contribution in [2.24, 2.45) is 12.1 Å². The number of benzene rings is 1. The Morgan fingerprint density at radius 2 is 1.93 bits per heavy atom. The largest absolute Gasteiger partial charge is 0.280 e. The van der Waals surface area contributed by atoms with E-state index in [-0.39, 0.29) is 11.5 Å². The van der Waals surface area contributed by atoms with Crippen LogP contribution in [0.25, 0.3) is 11.3 Å². The molecule has 0 fully saturated rings. The van der Waals surface area contributed by atoms with Crippen LogP contribution in [0.5, 0.6) is 0 Å². The number of hydrogen-bond donors (Lipinski definition) is 1. The number of hydrazone groups is 1. The highest BCUT2D eigenvalue weighted by atomic mass is 79.9. The maximum atomic E-state index is 13.9. The van der Waals surface area contributed by atoms with E-state index in [1.54, 1.807) is 31.2 Å². The molecule has 6 nitrogen and oxygen atoms in total. The standard InChI is InChI=1S/C17H14BrF3N6/c1-9-12(16(21)27(2)26-9)8-22-25-17-23-13(7-14(24-17)15(19)20)10-3-5-11(18)6-4-10/h3-8,15H,1-2H3,(H,23,24,25)/b22-8+. The Kier molecular flexibility index (Phi) is 5.54. The molecule has 0 unspecified atom stereocenters. The first-order valence-corrected chi connectivity index (χ1v) is 8.55. The van der Waals surface area contributed by atoms with Crippen LogP contribution in [0.2, 0.25) is 0 Å². The maximum absolute atomic E-state index is 13.9. The van der Waals surface area contributed by atoms with Crippen molar-refractivity contribution in [1.82, 2.24) is 19.7 Å². The molecule has 0 saturated heterocycles. The summed E-state index contributed by atoms with van der Waals surface area (Å²) in [5, 5.41) is 7.77. The van der Waals surface area contributed by atoms with Gasteiger partial charge in [-0.3, -0.25) is 0 Å². The fourth-order valence-electron chi connectivity index (χ4n) is 2.34. The van der Waals surface area contributed by atoms with Gasteiger partial charge < -0.3 is 0 Å². The summed E-state index contributed by atoms with van der Waals surface area (Å²) in [5.41, 5.74) is 3.62. The van der Waals surface area contributed by atoms with E-state index in [1.807, 2.05) is 0 Å². The van der Waals surface area contributed by atoms with Crippen LogP contribution >= 0.6 is 15.9 Å². The van der Waals surface area contributed by atoms with Gasteiger partial charge in [-0.1, -0.05) is 28.1 Å². The minimum Gasteiger partial charge on any atom is -0.245 e. The van der Waals surface area contributed by atoms with Crippen molar-refractivity contribution in [3.63, 3.8) is 0 Å². The fourth-order valence-corrected chi connectivity index (χ4v) is 2.61. The molecule has 0 bridgehead atoms. The first-order chi connectivity index (χ1) is 12.8. The SMILES string of the molecule is Cc1nn(C)c(F)c1/C=N/Nc1nc(-c2ccc(Br)cc2)cc(C(F)F)n1. The Hall–Kier alpha value is -2.75. The summed E-state index contributed by atoms with van der Waals surface area (Å²) in [6.07, 6.45) is -1.57. The van der Waals surface area contributed by atoms with E-state index >= 15 is 0 Å². The zero-order valence-electron chi connectivity index (χ0n) is 14.3. The number of nitrogens with one attached hydrogen (secondary N) is 1. The molecule has 0 aliphatic heterocycles. The molecule has 0 spiro atoms. The molecular formula is C17H14BrF3N6. The van der Waals surface area contributed by atoms with E-state index in [9.17, 15) is 13.2 Å². The van der Waals surface area contributed by atoms with Gasteiger partial charge in [0, 0.05) is 17.1 Å². The van der Waals surface area contributed by atoms with Crippen molar-refractivity contribution in [3.05, 3.63) is 57.7 Å². The topological polar surface area (TPSA) is 68.0 Å². The quantitative estimate of drug-likeness (QED) is 0.471. The highest BCUT2D eigenvalue weighted by Gasteiger charge is 2.14. The van der Waals surface area contributed by atoms with Crippen LogP contribution in [0.1, 0.15) is 23.4 Å². The number of aromatic nitrogens is 4. The van der Waals surface area contributed by atoms with Gasteiger partial charge in [0.05, 0.1) is 23.2 Å². The molecule has 3 rings (SSSR count). The smallest absolute Gasteiger partial charge is 0.245 e. The van der Waals surface area contributed by atoms with Crippen LogP contribution in [0.3, 0.4) is 0 Å². The molecule has 2 aromatic heterocycles. The second-order valence-corrected chi connectivity index (χ2v) is 6.51. The van der Waals surface area contributed by atoms with Crippen molar-refractivity contribution in [3.8, 4) is 11.3 Å². The van der Waals surface area contributed by atoms with Gasteiger partial charge in [-0.2, -0.15) is 14.6 Å². The average Bonchev–Trinajstić information content (AvgIpc) is 2.88. The number of anilines is 1. The maximum Gasteiger partial charge on any atom is 0.280 e. The van der Waals surface area contributed by atoms with Crippen LogP contribution in [0.15, 0.2) is 39.9 Å². The minimum atomic E-state index is -2.77. The van der Waals surface area contributed by atoms with E-state index in [0.717, 1.165) is 9.15 Å². The molecule has 10 heteroatoms. The van der Waals surface area contributed by atoms with Crippen LogP contribution in [-0.4, -0.2) is 26.0 Å². The summed E-state index contributed by atoms with van der Waals surface area (Å²) >= 11 is 3.32. The van der Waals surface area contributed by atoms with Crippen LogP contribution < -0.4 is 5.43 Å². The van der Waals surface area contributed by atoms with Gasteiger partial charge in [0.1, 0.15) is 5.69 Å². The molecule has 0 aliphatic rings. The summed E-state index contributed by atoms with van der Waals surface area (Å²) in [7, 11) is 1.47. The molecule has 1 N–H and O–H groups in total. The van der Waals surface area contributed by atoms with E-state index in [0.29, 0.717) is 17.0 Å². The van der Waals surface area contributed by atoms with Gasteiger partial charge in [-0.25, -0.2) is 28.9 Å². The third kappa shape index (κ3) is 4.33. The average molecular weight is 439 g/mol. The third-order valence-corrected chi connectivity index (χ3v) is 4.19. The number of rotatable bonds is 5. The number of halogens is 4. The second kappa shape index (κ2) is 7.87. The lowest BCUT2D eigenvalue weighted by atomic mass is 10.1. The lowest BCUT2D eigenvalue weighted by Crippen LogP contribution is -2.03. The molecule has 0 atom stereocenters. The predicted octanol–water partition coefficient (Wildman–Crippen LogP) is 4.47. The number of alkyl halides is 2. The summed E-state index contributed by atoms with van der Waals surface area (Å²) in [5.74, 6) is -0.681. The normalized spacial score (nSPS) is 11.5. The van der Waals surface area contributed by atoms with Crippen molar-refractivity contribution >= 4 is 28.1 Å². The highest BCUT2D eigenvalue weighted by Crippen LogP contribution is 2.25. The Labute approximate surface area is 161 Å². The van der Waals surface area contributed by atoms with Crippen LogP contribution in [-0.2, 0) is 7.05 Å². The molecular weight excluding hydrogens is 425 g/mol. The van der Waals surface area contributed by atoms with Gasteiger partial charge in [-0.15, -0.1) is 0 Å². The lowest BCUT2D eigenvalue weighted by molar-refractivity contribution is 0.146. The fraction of sp³-hybridized carbons (Fsp3) is 0.176. The zero-order chi connectivity index (χ0) is 19.6. The van der Waals surface area contributed by atoms with Gasteiger partial charge in [0.2, 0.25) is 11.9 Å². The van der Waals surface area contributed by atoms with Crippen LogP contribution in [0, 0.1) is 12.9 Å². The third-order valence-electron chi connectivity index (χ3n) is 3.66. The van der Waals surface area contributed by atoms with Crippen molar-refractivity contribution in [2.75, 3.05) is 5.43 Å². The van der Waals surface area contributed by atoms with Gasteiger partial charge in [0.25, 0.3) is 6.43 Å². The Morgan fingerprint density at radius 1 is 1.22 bits per heavy atom. The highest BCUT2D eigenvalue weighted by molar-refractivity contribution is 9.10. The Bertz CT molecular complexity index is 985. The molecule has 0 radical (unpaired) electrons. The Balaban J connectivity index is 1.90. The van der Waals surface area contributed by atoms with Crippen molar-refractivity contribution < 1.29 is 13.2 Å². The van der Waals surface area contributed by atoms with Gasteiger partial charge >= 0.3 is 0 Å². The van der Waals surface area contributed by atoms with Crippen LogP contribution in [0.4, 0.5) is 19.1 Å². The number of aryl methyl sites for hydroxylation is 2. The van der Waals surface area contributed by atoms with Gasteiger partial charge in [0.15, 0.2) is 0 Å². The van der Waals surface area contributed by atoms with E-state index in [2.05, 4.69) is 41.5 Å². The van der Waals surface area contributed by atoms with E-state index in [1.165, 1.54) is 19.3 Å². The monoisotopic (exact) mass is 438 g/mol. The molecule has 1 aromatic carbocycles. The summed E-state index contributed by atoms with van der Waals surface area (Å²) < 4.78 is 42.2. The number of hydrogen-bond acceptors (Lipinski definition) is 5. The van der Waals surface area contributed by atoms with Crippen molar-refractivity contribution in [2.45, 2.75) is 13.3 Å². The zero-order valence-corrected chi connectivity index (χ0v) is 15.9. The molecule has 2 heterocycles. The second-order valence-electron chi connectivity index (χ2n) is 5.59. The molecule has 0 saturated carbocycles. The first-order valence-electron chi connectivity index (χ1n) is 7.76. The van der Waals surface area contributed by atoms with Gasteiger partial charge in [-0.05, 0) is 25.1 Å². The summed E-state index contributed by atoms with van der Waals surface area (Å²) in [4.78, 5) is 7.95. The Morgan fingerprint density at radius 3 is 2.52 bits per heavy atom. The molecule has 3 aromatic rings. The van der Waals surface area contributed by atoms with E-state index < -0.39 is 18.1 Å².